The number of urea groups is 1. The Morgan fingerprint density at radius 1 is 1.06 bits per heavy atom. The number of amides is 3. The van der Waals surface area contributed by atoms with E-state index in [1.54, 1.807) is 11.0 Å². The van der Waals surface area contributed by atoms with Crippen molar-refractivity contribution in [3.63, 3.8) is 0 Å². The first-order valence-electron chi connectivity index (χ1n) is 10.6. The van der Waals surface area contributed by atoms with Gasteiger partial charge >= 0.3 is 6.03 Å². The number of thiophene rings is 1. The summed E-state index contributed by atoms with van der Waals surface area (Å²) >= 11 is 1.40. The normalized spacial score (nSPS) is 14.2. The van der Waals surface area contributed by atoms with Crippen LogP contribution in [0.15, 0.2) is 66.0 Å². The zero-order valence-electron chi connectivity index (χ0n) is 17.9. The van der Waals surface area contributed by atoms with E-state index in [0.29, 0.717) is 29.6 Å². The first kappa shape index (κ1) is 21.1. The van der Waals surface area contributed by atoms with Crippen molar-refractivity contribution >= 4 is 34.6 Å². The molecule has 1 aromatic heterocycles. The van der Waals surface area contributed by atoms with E-state index in [2.05, 4.69) is 43.4 Å². The van der Waals surface area contributed by atoms with E-state index in [1.165, 1.54) is 16.9 Å². The van der Waals surface area contributed by atoms with Gasteiger partial charge in [-0.15, -0.1) is 11.3 Å². The molecule has 0 unspecified atom stereocenters. The second kappa shape index (κ2) is 9.35. The molecule has 2 aromatic carbocycles. The fraction of sp³-hybridized carbons (Fsp3) is 0.280. The summed E-state index contributed by atoms with van der Waals surface area (Å²) in [6.45, 7) is 6.37. The van der Waals surface area contributed by atoms with Gasteiger partial charge in [-0.05, 0) is 53.1 Å². The first-order chi connectivity index (χ1) is 15.0. The molecule has 3 aromatic rings. The highest BCUT2D eigenvalue weighted by Crippen LogP contribution is 2.25. The molecule has 5 nitrogen and oxygen atoms in total. The number of carbonyl (C=O) groups excluding carboxylic acids is 2. The standard InChI is InChI=1S/C25H27N3O2S/c1-18(2)20-11-9-19(10-12-20)17-27-13-5-14-28(25(27)30)22-7-3-6-21(16-22)26-24(29)23-8-4-15-31-23/h3-4,6-12,15-16,18H,5,13-14,17H2,1-2H3,(H,26,29). The zero-order valence-corrected chi connectivity index (χ0v) is 18.7. The molecule has 0 radical (unpaired) electrons. The molecule has 0 saturated carbocycles. The van der Waals surface area contributed by atoms with E-state index in [1.807, 2.05) is 40.6 Å². The molecule has 1 aliphatic rings. The van der Waals surface area contributed by atoms with Crippen LogP contribution < -0.4 is 10.2 Å². The number of hydrogen-bond acceptors (Lipinski definition) is 3. The predicted molar refractivity (Wildman–Crippen MR) is 127 cm³/mol. The smallest absolute Gasteiger partial charge is 0.321 e. The highest BCUT2D eigenvalue weighted by molar-refractivity contribution is 7.12. The highest BCUT2D eigenvalue weighted by atomic mass is 32.1. The van der Waals surface area contributed by atoms with E-state index in [4.69, 9.17) is 0 Å². The largest absolute Gasteiger partial charge is 0.324 e. The molecular weight excluding hydrogens is 406 g/mol. The van der Waals surface area contributed by atoms with E-state index >= 15 is 0 Å². The Morgan fingerprint density at radius 3 is 2.58 bits per heavy atom. The van der Waals surface area contributed by atoms with Gasteiger partial charge in [-0.25, -0.2) is 4.79 Å². The maximum Gasteiger partial charge on any atom is 0.324 e. The molecule has 4 rings (SSSR count). The Hall–Kier alpha value is -3.12. The van der Waals surface area contributed by atoms with Crippen molar-refractivity contribution in [3.8, 4) is 0 Å². The lowest BCUT2D eigenvalue weighted by molar-refractivity contribution is 0.103. The van der Waals surface area contributed by atoms with Gasteiger partial charge < -0.3 is 10.2 Å². The van der Waals surface area contributed by atoms with E-state index in [-0.39, 0.29) is 11.9 Å². The number of nitrogens with one attached hydrogen (secondary N) is 1. The van der Waals surface area contributed by atoms with Gasteiger partial charge in [0.05, 0.1) is 4.88 Å². The van der Waals surface area contributed by atoms with Crippen molar-refractivity contribution in [2.45, 2.75) is 32.7 Å². The van der Waals surface area contributed by atoms with Gasteiger partial charge in [0, 0.05) is 31.0 Å². The van der Waals surface area contributed by atoms with Crippen molar-refractivity contribution in [1.29, 1.82) is 0 Å². The zero-order chi connectivity index (χ0) is 21.8. The molecule has 6 heteroatoms. The maximum atomic E-state index is 13.2. The Morgan fingerprint density at radius 2 is 1.87 bits per heavy atom. The minimum absolute atomic E-state index is 0.000851. The SMILES string of the molecule is CC(C)c1ccc(CN2CCCN(c3cccc(NC(=O)c4cccs4)c3)C2=O)cc1. The maximum absolute atomic E-state index is 13.2. The lowest BCUT2D eigenvalue weighted by Crippen LogP contribution is -2.49. The summed E-state index contributed by atoms with van der Waals surface area (Å²) in [5, 5.41) is 4.80. The Balaban J connectivity index is 1.45. The van der Waals surface area contributed by atoms with Crippen LogP contribution in [0.1, 0.15) is 47.0 Å². The van der Waals surface area contributed by atoms with Crippen molar-refractivity contribution in [2.75, 3.05) is 23.3 Å². The second-order valence-electron chi connectivity index (χ2n) is 8.09. The minimum Gasteiger partial charge on any atom is -0.321 e. The Kier molecular flexibility index (Phi) is 6.37. The third-order valence-electron chi connectivity index (χ3n) is 5.49. The van der Waals surface area contributed by atoms with Gasteiger partial charge in [-0.2, -0.15) is 0 Å². The fourth-order valence-corrected chi connectivity index (χ4v) is 4.37. The number of benzene rings is 2. The van der Waals surface area contributed by atoms with E-state index in [9.17, 15) is 9.59 Å². The summed E-state index contributed by atoms with van der Waals surface area (Å²) in [5.74, 6) is 0.359. The second-order valence-corrected chi connectivity index (χ2v) is 9.04. The van der Waals surface area contributed by atoms with Crippen LogP contribution in [0.5, 0.6) is 0 Å². The summed E-state index contributed by atoms with van der Waals surface area (Å²) in [4.78, 5) is 29.9. The van der Waals surface area contributed by atoms with Crippen LogP contribution in [-0.2, 0) is 6.54 Å². The van der Waals surface area contributed by atoms with Crippen LogP contribution >= 0.6 is 11.3 Å². The average Bonchev–Trinajstić information content (AvgIpc) is 3.31. The number of anilines is 2. The molecule has 160 valence electrons. The Labute approximate surface area is 187 Å². The van der Waals surface area contributed by atoms with Gasteiger partial charge in [0.2, 0.25) is 0 Å². The monoisotopic (exact) mass is 433 g/mol. The number of nitrogens with zero attached hydrogens (tertiary/aromatic N) is 2. The van der Waals surface area contributed by atoms with E-state index in [0.717, 1.165) is 24.2 Å². The van der Waals surface area contributed by atoms with E-state index < -0.39 is 0 Å². The molecule has 1 saturated heterocycles. The molecule has 2 heterocycles. The molecule has 1 aliphatic heterocycles. The average molecular weight is 434 g/mol. The van der Waals surface area contributed by atoms with Crippen LogP contribution in [0.2, 0.25) is 0 Å². The van der Waals surface area contributed by atoms with Crippen molar-refractivity contribution < 1.29 is 9.59 Å². The number of carbonyl (C=O) groups is 2. The van der Waals surface area contributed by atoms with Crippen LogP contribution in [0.3, 0.4) is 0 Å². The van der Waals surface area contributed by atoms with Gasteiger partial charge in [0.25, 0.3) is 5.91 Å². The molecule has 1 N–H and O–H groups in total. The minimum atomic E-state index is -0.136. The van der Waals surface area contributed by atoms with Gasteiger partial charge in [0.15, 0.2) is 0 Å². The van der Waals surface area contributed by atoms with Gasteiger partial charge in [-0.1, -0.05) is 50.2 Å². The summed E-state index contributed by atoms with van der Waals surface area (Å²) in [6, 6.07) is 19.7. The summed E-state index contributed by atoms with van der Waals surface area (Å²) in [5.41, 5.74) is 3.92. The van der Waals surface area contributed by atoms with Crippen LogP contribution in [-0.4, -0.2) is 29.9 Å². The quantitative estimate of drug-likeness (QED) is 0.522. The van der Waals surface area contributed by atoms with Crippen LogP contribution in [0, 0.1) is 0 Å². The molecule has 3 amide bonds. The predicted octanol–water partition coefficient (Wildman–Crippen LogP) is 5.96. The molecule has 0 atom stereocenters. The molecule has 0 spiro atoms. The lowest BCUT2D eigenvalue weighted by Gasteiger charge is -2.36. The fourth-order valence-electron chi connectivity index (χ4n) is 3.75. The highest BCUT2D eigenvalue weighted by Gasteiger charge is 2.27. The third kappa shape index (κ3) is 4.97. The third-order valence-corrected chi connectivity index (χ3v) is 6.36. The molecule has 0 aliphatic carbocycles. The first-order valence-corrected chi connectivity index (χ1v) is 11.5. The topological polar surface area (TPSA) is 52.6 Å². The molecular formula is C25H27N3O2S. The van der Waals surface area contributed by atoms with Crippen molar-refractivity contribution in [1.82, 2.24) is 4.90 Å². The molecule has 31 heavy (non-hydrogen) atoms. The summed E-state index contributed by atoms with van der Waals surface area (Å²) < 4.78 is 0. The van der Waals surface area contributed by atoms with Gasteiger partial charge in [0.1, 0.15) is 0 Å². The van der Waals surface area contributed by atoms with Crippen molar-refractivity contribution in [2.24, 2.45) is 0 Å². The van der Waals surface area contributed by atoms with Crippen LogP contribution in [0.4, 0.5) is 16.2 Å². The lowest BCUT2D eigenvalue weighted by atomic mass is 10.0. The van der Waals surface area contributed by atoms with Gasteiger partial charge in [-0.3, -0.25) is 9.69 Å². The van der Waals surface area contributed by atoms with Crippen molar-refractivity contribution in [3.05, 3.63) is 82.0 Å². The van der Waals surface area contributed by atoms with Crippen LogP contribution in [0.25, 0.3) is 0 Å². The molecule has 1 fully saturated rings. The number of rotatable bonds is 6. The molecule has 0 bridgehead atoms. The summed E-state index contributed by atoms with van der Waals surface area (Å²) in [7, 11) is 0. The summed E-state index contributed by atoms with van der Waals surface area (Å²) in [6.07, 6.45) is 0.904. The number of hydrogen-bond donors (Lipinski definition) is 1. The Bertz CT molecular complexity index is 1040.